The van der Waals surface area contributed by atoms with Crippen LogP contribution in [0.2, 0.25) is 0 Å². The monoisotopic (exact) mass is 202 g/mol. The second-order valence-corrected chi connectivity index (χ2v) is 4.54. The van der Waals surface area contributed by atoms with Crippen molar-refractivity contribution in [2.24, 2.45) is 7.05 Å². The van der Waals surface area contributed by atoms with Gasteiger partial charge in [-0.25, -0.2) is 4.98 Å². The molecule has 15 heavy (non-hydrogen) atoms. The first-order chi connectivity index (χ1) is 7.18. The summed E-state index contributed by atoms with van der Waals surface area (Å²) in [5.41, 5.74) is 1.78. The SMILES string of the molecule is Cn1cc(CC2(O)CC2)c2cccnc21. The number of aromatic nitrogens is 2. The fourth-order valence-electron chi connectivity index (χ4n) is 2.11. The van der Waals surface area contributed by atoms with Gasteiger partial charge in [0.2, 0.25) is 0 Å². The van der Waals surface area contributed by atoms with Gasteiger partial charge < -0.3 is 9.67 Å². The van der Waals surface area contributed by atoms with Crippen molar-refractivity contribution in [3.05, 3.63) is 30.1 Å². The van der Waals surface area contributed by atoms with Crippen molar-refractivity contribution in [2.75, 3.05) is 0 Å². The molecule has 3 heteroatoms. The minimum atomic E-state index is -0.426. The third-order valence-electron chi connectivity index (χ3n) is 3.16. The Kier molecular flexibility index (Phi) is 1.68. The first-order valence-corrected chi connectivity index (χ1v) is 5.29. The Hall–Kier alpha value is -1.35. The highest BCUT2D eigenvalue weighted by molar-refractivity contribution is 5.80. The van der Waals surface area contributed by atoms with Crippen molar-refractivity contribution < 1.29 is 5.11 Å². The standard InChI is InChI=1S/C12H14N2O/c1-14-8-9(7-12(15)4-5-12)10-3-2-6-13-11(10)14/h2-3,6,8,15H,4-5,7H2,1H3. The molecule has 2 heterocycles. The molecule has 1 N–H and O–H groups in total. The number of fused-ring (bicyclic) bond motifs is 1. The molecule has 3 rings (SSSR count). The van der Waals surface area contributed by atoms with Crippen molar-refractivity contribution in [3.8, 4) is 0 Å². The summed E-state index contributed by atoms with van der Waals surface area (Å²) in [5, 5.41) is 11.1. The van der Waals surface area contributed by atoms with E-state index in [9.17, 15) is 5.11 Å². The maximum atomic E-state index is 9.92. The van der Waals surface area contributed by atoms with Gasteiger partial charge in [0.25, 0.3) is 0 Å². The molecule has 0 saturated heterocycles. The topological polar surface area (TPSA) is 38.0 Å². The van der Waals surface area contributed by atoms with Gasteiger partial charge in [-0.15, -0.1) is 0 Å². The summed E-state index contributed by atoms with van der Waals surface area (Å²) in [5.74, 6) is 0. The van der Waals surface area contributed by atoms with Crippen LogP contribution in [-0.4, -0.2) is 20.3 Å². The molecule has 2 aromatic rings. The fourth-order valence-corrected chi connectivity index (χ4v) is 2.11. The van der Waals surface area contributed by atoms with Crippen LogP contribution in [0.3, 0.4) is 0 Å². The van der Waals surface area contributed by atoms with E-state index in [2.05, 4.69) is 17.2 Å². The molecule has 1 aliphatic rings. The summed E-state index contributed by atoms with van der Waals surface area (Å²) in [7, 11) is 2.00. The highest BCUT2D eigenvalue weighted by atomic mass is 16.3. The number of hydrogen-bond acceptors (Lipinski definition) is 2. The number of pyridine rings is 1. The number of nitrogens with zero attached hydrogens (tertiary/aromatic N) is 2. The smallest absolute Gasteiger partial charge is 0.139 e. The van der Waals surface area contributed by atoms with Gasteiger partial charge in [-0.2, -0.15) is 0 Å². The van der Waals surface area contributed by atoms with E-state index < -0.39 is 5.60 Å². The van der Waals surface area contributed by atoms with Crippen molar-refractivity contribution in [3.63, 3.8) is 0 Å². The Morgan fingerprint density at radius 2 is 2.33 bits per heavy atom. The molecule has 0 spiro atoms. The predicted molar refractivity (Wildman–Crippen MR) is 58.6 cm³/mol. The van der Waals surface area contributed by atoms with Crippen molar-refractivity contribution in [1.29, 1.82) is 0 Å². The normalized spacial score (nSPS) is 18.3. The van der Waals surface area contributed by atoms with Gasteiger partial charge in [0.15, 0.2) is 0 Å². The molecule has 78 valence electrons. The van der Waals surface area contributed by atoms with E-state index >= 15 is 0 Å². The largest absolute Gasteiger partial charge is 0.390 e. The van der Waals surface area contributed by atoms with Gasteiger partial charge in [-0.1, -0.05) is 0 Å². The van der Waals surface area contributed by atoms with E-state index in [1.165, 1.54) is 10.9 Å². The molecule has 0 aromatic carbocycles. The maximum Gasteiger partial charge on any atom is 0.139 e. The summed E-state index contributed by atoms with van der Waals surface area (Å²) in [6, 6.07) is 4.02. The van der Waals surface area contributed by atoms with Crippen LogP contribution in [0, 0.1) is 0 Å². The first-order valence-electron chi connectivity index (χ1n) is 5.29. The van der Waals surface area contributed by atoms with Crippen LogP contribution in [0.5, 0.6) is 0 Å². The minimum Gasteiger partial charge on any atom is -0.390 e. The summed E-state index contributed by atoms with van der Waals surface area (Å²) < 4.78 is 2.02. The van der Waals surface area contributed by atoms with Gasteiger partial charge in [0, 0.05) is 31.2 Å². The summed E-state index contributed by atoms with van der Waals surface area (Å²) in [6.07, 6.45) is 6.51. The predicted octanol–water partition coefficient (Wildman–Crippen LogP) is 1.64. The molecule has 0 radical (unpaired) electrons. The lowest BCUT2D eigenvalue weighted by atomic mass is 10.1. The molecular weight excluding hydrogens is 188 g/mol. The summed E-state index contributed by atoms with van der Waals surface area (Å²) >= 11 is 0. The van der Waals surface area contributed by atoms with Gasteiger partial charge in [0.05, 0.1) is 5.60 Å². The van der Waals surface area contributed by atoms with Crippen LogP contribution in [0.25, 0.3) is 11.0 Å². The van der Waals surface area contributed by atoms with Gasteiger partial charge in [0.1, 0.15) is 5.65 Å². The van der Waals surface area contributed by atoms with Crippen molar-refractivity contribution >= 4 is 11.0 Å². The van der Waals surface area contributed by atoms with Crippen LogP contribution in [-0.2, 0) is 13.5 Å². The van der Waals surface area contributed by atoms with Gasteiger partial charge >= 0.3 is 0 Å². The maximum absolute atomic E-state index is 9.92. The highest BCUT2D eigenvalue weighted by Crippen LogP contribution is 2.39. The number of aryl methyl sites for hydroxylation is 1. The van der Waals surface area contributed by atoms with Crippen LogP contribution in [0.4, 0.5) is 0 Å². The van der Waals surface area contributed by atoms with Crippen LogP contribution >= 0.6 is 0 Å². The molecule has 2 aromatic heterocycles. The van der Waals surface area contributed by atoms with Crippen molar-refractivity contribution in [2.45, 2.75) is 24.9 Å². The third-order valence-corrected chi connectivity index (χ3v) is 3.16. The molecule has 1 saturated carbocycles. The Labute approximate surface area is 88.4 Å². The van der Waals surface area contributed by atoms with E-state index in [4.69, 9.17) is 0 Å². The zero-order valence-corrected chi connectivity index (χ0v) is 8.77. The molecule has 3 nitrogen and oxygen atoms in total. The molecule has 0 aliphatic heterocycles. The van der Waals surface area contributed by atoms with Gasteiger partial charge in [-0.3, -0.25) is 0 Å². The van der Waals surface area contributed by atoms with E-state index in [0.29, 0.717) is 0 Å². The average Bonchev–Trinajstić information content (AvgIpc) is 2.87. The van der Waals surface area contributed by atoms with E-state index in [0.717, 1.165) is 24.9 Å². The van der Waals surface area contributed by atoms with Crippen molar-refractivity contribution in [1.82, 2.24) is 9.55 Å². The Morgan fingerprint density at radius 1 is 1.53 bits per heavy atom. The molecular formula is C12H14N2O. The highest BCUT2D eigenvalue weighted by Gasteiger charge is 2.40. The Morgan fingerprint density at radius 3 is 3.07 bits per heavy atom. The molecule has 0 atom stereocenters. The Bertz CT molecular complexity index is 511. The lowest BCUT2D eigenvalue weighted by molar-refractivity contribution is 0.151. The van der Waals surface area contributed by atoms with E-state index in [-0.39, 0.29) is 0 Å². The number of aliphatic hydroxyl groups is 1. The molecule has 0 bridgehead atoms. The van der Waals surface area contributed by atoms with Crippen LogP contribution < -0.4 is 0 Å². The Balaban J connectivity index is 2.10. The fraction of sp³-hybridized carbons (Fsp3) is 0.417. The third kappa shape index (κ3) is 1.43. The van der Waals surface area contributed by atoms with E-state index in [1.54, 1.807) is 6.20 Å². The first kappa shape index (κ1) is 8.92. The van der Waals surface area contributed by atoms with Crippen LogP contribution in [0.15, 0.2) is 24.5 Å². The zero-order valence-electron chi connectivity index (χ0n) is 8.77. The minimum absolute atomic E-state index is 0.426. The zero-order chi connectivity index (χ0) is 10.5. The van der Waals surface area contributed by atoms with Crippen LogP contribution in [0.1, 0.15) is 18.4 Å². The average molecular weight is 202 g/mol. The van der Waals surface area contributed by atoms with E-state index in [1.807, 2.05) is 17.7 Å². The second-order valence-electron chi connectivity index (χ2n) is 4.54. The molecule has 0 amide bonds. The molecule has 0 unspecified atom stereocenters. The number of rotatable bonds is 2. The molecule has 1 aliphatic carbocycles. The lowest BCUT2D eigenvalue weighted by Crippen LogP contribution is -2.10. The summed E-state index contributed by atoms with van der Waals surface area (Å²) in [4.78, 5) is 4.33. The van der Waals surface area contributed by atoms with Gasteiger partial charge in [-0.05, 0) is 30.5 Å². The lowest BCUT2D eigenvalue weighted by Gasteiger charge is -2.04. The summed E-state index contributed by atoms with van der Waals surface area (Å²) in [6.45, 7) is 0. The second kappa shape index (κ2) is 2.83. The number of hydrogen-bond donors (Lipinski definition) is 1. The molecule has 1 fully saturated rings. The quantitative estimate of drug-likeness (QED) is 0.804.